The lowest BCUT2D eigenvalue weighted by Crippen LogP contribution is -2.37. The molecule has 0 aliphatic rings. The quantitative estimate of drug-likeness (QED) is 0.400. The van der Waals surface area contributed by atoms with Crippen molar-refractivity contribution in [2.75, 3.05) is 27.3 Å². The molecular formula is C19H28N4O2S. The number of aryl methyl sites for hydroxylation is 2. The molecule has 0 aliphatic heterocycles. The topological polar surface area (TPSA) is 67.8 Å². The van der Waals surface area contributed by atoms with Crippen LogP contribution in [0.5, 0.6) is 11.5 Å². The van der Waals surface area contributed by atoms with Crippen molar-refractivity contribution >= 4 is 17.3 Å². The normalized spacial score (nSPS) is 11.3. The summed E-state index contributed by atoms with van der Waals surface area (Å²) in [5.74, 6) is 2.37. The average Bonchev–Trinajstić information content (AvgIpc) is 3.07. The molecule has 26 heavy (non-hydrogen) atoms. The van der Waals surface area contributed by atoms with E-state index < -0.39 is 0 Å². The van der Waals surface area contributed by atoms with Gasteiger partial charge in [0.05, 0.1) is 20.3 Å². The number of nitrogens with one attached hydrogen (secondary N) is 2. The van der Waals surface area contributed by atoms with Gasteiger partial charge in [-0.05, 0) is 44.4 Å². The minimum Gasteiger partial charge on any atom is -0.493 e. The summed E-state index contributed by atoms with van der Waals surface area (Å²) < 4.78 is 11.0. The molecule has 0 unspecified atom stereocenters. The Kier molecular flexibility index (Phi) is 8.21. The van der Waals surface area contributed by atoms with Crippen molar-refractivity contribution in [1.29, 1.82) is 0 Å². The van der Waals surface area contributed by atoms with Crippen LogP contribution in [0.25, 0.3) is 0 Å². The number of aliphatic imine (C=N–C) groups is 1. The number of benzene rings is 1. The molecule has 1 aromatic carbocycles. The van der Waals surface area contributed by atoms with Crippen LogP contribution in [0.4, 0.5) is 0 Å². The van der Waals surface area contributed by atoms with E-state index in [0.717, 1.165) is 41.9 Å². The van der Waals surface area contributed by atoms with Gasteiger partial charge in [0.25, 0.3) is 0 Å². The van der Waals surface area contributed by atoms with Crippen LogP contribution < -0.4 is 20.1 Å². The van der Waals surface area contributed by atoms with Crippen molar-refractivity contribution in [3.8, 4) is 11.5 Å². The Balaban J connectivity index is 1.75. The summed E-state index contributed by atoms with van der Waals surface area (Å²) in [6, 6.07) is 6.10. The molecule has 142 valence electrons. The third-order valence-electron chi connectivity index (χ3n) is 3.76. The zero-order chi connectivity index (χ0) is 18.8. The second-order valence-electron chi connectivity index (χ2n) is 5.74. The van der Waals surface area contributed by atoms with E-state index in [1.54, 1.807) is 25.5 Å². The van der Waals surface area contributed by atoms with E-state index >= 15 is 0 Å². The summed E-state index contributed by atoms with van der Waals surface area (Å²) in [6.45, 7) is 6.19. The largest absolute Gasteiger partial charge is 0.493 e. The van der Waals surface area contributed by atoms with Crippen molar-refractivity contribution in [2.24, 2.45) is 4.99 Å². The van der Waals surface area contributed by atoms with E-state index in [-0.39, 0.29) is 0 Å². The molecule has 0 saturated heterocycles. The first-order chi connectivity index (χ1) is 12.7. The van der Waals surface area contributed by atoms with E-state index in [2.05, 4.69) is 39.7 Å². The Morgan fingerprint density at radius 2 is 2.12 bits per heavy atom. The molecule has 0 atom stereocenters. The summed E-state index contributed by atoms with van der Waals surface area (Å²) in [4.78, 5) is 9.82. The van der Waals surface area contributed by atoms with Crippen molar-refractivity contribution in [3.05, 3.63) is 39.8 Å². The van der Waals surface area contributed by atoms with Crippen LogP contribution in [-0.2, 0) is 13.0 Å². The van der Waals surface area contributed by atoms with Gasteiger partial charge in [0, 0.05) is 24.7 Å². The Hall–Kier alpha value is -2.28. The molecule has 7 heteroatoms. The van der Waals surface area contributed by atoms with Gasteiger partial charge in [-0.1, -0.05) is 6.07 Å². The van der Waals surface area contributed by atoms with E-state index in [1.807, 2.05) is 19.2 Å². The van der Waals surface area contributed by atoms with Gasteiger partial charge in [-0.25, -0.2) is 4.98 Å². The third-order valence-corrected chi connectivity index (χ3v) is 4.68. The number of nitrogens with zero attached hydrogens (tertiary/aromatic N) is 2. The molecule has 0 saturated carbocycles. The lowest BCUT2D eigenvalue weighted by Gasteiger charge is -2.12. The Morgan fingerprint density at radius 1 is 1.27 bits per heavy atom. The zero-order valence-electron chi connectivity index (χ0n) is 16.0. The van der Waals surface area contributed by atoms with Crippen LogP contribution in [0.1, 0.15) is 28.8 Å². The Morgan fingerprint density at radius 3 is 2.77 bits per heavy atom. The zero-order valence-corrected chi connectivity index (χ0v) is 16.8. The van der Waals surface area contributed by atoms with Gasteiger partial charge >= 0.3 is 0 Å². The van der Waals surface area contributed by atoms with Gasteiger partial charge < -0.3 is 20.1 Å². The van der Waals surface area contributed by atoms with Crippen LogP contribution in [0, 0.1) is 6.92 Å². The average molecular weight is 377 g/mol. The standard InChI is InChI=1S/C19H28N4O2S/c1-5-25-17-11-15(8-9-16(17)24-4)7-6-10-21-19(20-3)23-13-18-22-12-14(2)26-18/h8-9,11-12H,5-7,10,13H2,1-4H3,(H2,20,21,23). The molecule has 1 aromatic heterocycles. The first-order valence-corrected chi connectivity index (χ1v) is 9.63. The SMILES string of the molecule is CCOc1cc(CCCNC(=NC)NCc2ncc(C)s2)ccc1OC. The number of hydrogen-bond donors (Lipinski definition) is 2. The lowest BCUT2D eigenvalue weighted by molar-refractivity contribution is 0.310. The molecule has 0 spiro atoms. The second kappa shape index (κ2) is 10.7. The number of ether oxygens (including phenoxy) is 2. The maximum atomic E-state index is 5.63. The summed E-state index contributed by atoms with van der Waals surface area (Å²) in [5.41, 5.74) is 1.23. The monoisotopic (exact) mass is 376 g/mol. The summed E-state index contributed by atoms with van der Waals surface area (Å²) in [7, 11) is 3.44. The highest BCUT2D eigenvalue weighted by molar-refractivity contribution is 7.11. The predicted molar refractivity (Wildman–Crippen MR) is 108 cm³/mol. The highest BCUT2D eigenvalue weighted by Gasteiger charge is 2.06. The number of hydrogen-bond acceptors (Lipinski definition) is 5. The van der Waals surface area contributed by atoms with Gasteiger partial charge in [-0.2, -0.15) is 0 Å². The molecule has 0 amide bonds. The van der Waals surface area contributed by atoms with Gasteiger partial charge in [0.2, 0.25) is 0 Å². The van der Waals surface area contributed by atoms with E-state index in [4.69, 9.17) is 9.47 Å². The number of guanidine groups is 1. The molecule has 6 nitrogen and oxygen atoms in total. The minimum atomic E-state index is 0.627. The maximum absolute atomic E-state index is 5.63. The van der Waals surface area contributed by atoms with E-state index in [9.17, 15) is 0 Å². The van der Waals surface area contributed by atoms with Crippen LogP contribution in [0.2, 0.25) is 0 Å². The first-order valence-electron chi connectivity index (χ1n) is 8.81. The highest BCUT2D eigenvalue weighted by Crippen LogP contribution is 2.28. The van der Waals surface area contributed by atoms with Gasteiger partial charge in [-0.3, -0.25) is 4.99 Å². The van der Waals surface area contributed by atoms with E-state index in [1.165, 1.54) is 10.4 Å². The van der Waals surface area contributed by atoms with Crippen LogP contribution in [-0.4, -0.2) is 38.3 Å². The van der Waals surface area contributed by atoms with Gasteiger partial charge in [0.15, 0.2) is 17.5 Å². The molecule has 0 fully saturated rings. The lowest BCUT2D eigenvalue weighted by atomic mass is 10.1. The van der Waals surface area contributed by atoms with E-state index in [0.29, 0.717) is 13.2 Å². The Bertz CT molecular complexity index is 715. The smallest absolute Gasteiger partial charge is 0.191 e. The fourth-order valence-electron chi connectivity index (χ4n) is 2.51. The summed E-state index contributed by atoms with van der Waals surface area (Å²) >= 11 is 1.70. The highest BCUT2D eigenvalue weighted by atomic mass is 32.1. The van der Waals surface area contributed by atoms with Gasteiger partial charge in [0.1, 0.15) is 5.01 Å². The van der Waals surface area contributed by atoms with Gasteiger partial charge in [-0.15, -0.1) is 11.3 Å². The van der Waals surface area contributed by atoms with Crippen LogP contribution in [0.15, 0.2) is 29.4 Å². The van der Waals surface area contributed by atoms with Crippen LogP contribution >= 0.6 is 11.3 Å². The molecule has 0 aliphatic carbocycles. The Labute approximate surface area is 159 Å². The molecular weight excluding hydrogens is 348 g/mol. The molecule has 0 radical (unpaired) electrons. The number of thiazole rings is 1. The fourth-order valence-corrected chi connectivity index (χ4v) is 3.23. The molecule has 2 rings (SSSR count). The second-order valence-corrected chi connectivity index (χ2v) is 7.06. The molecule has 0 bridgehead atoms. The molecule has 2 N–H and O–H groups in total. The third kappa shape index (κ3) is 6.22. The fraction of sp³-hybridized carbons (Fsp3) is 0.474. The first kappa shape index (κ1) is 20.0. The summed E-state index contributed by atoms with van der Waals surface area (Å²) in [6.07, 6.45) is 3.85. The van der Waals surface area contributed by atoms with Crippen molar-refractivity contribution in [2.45, 2.75) is 33.2 Å². The maximum Gasteiger partial charge on any atom is 0.191 e. The van der Waals surface area contributed by atoms with Crippen molar-refractivity contribution in [3.63, 3.8) is 0 Å². The van der Waals surface area contributed by atoms with Crippen LogP contribution in [0.3, 0.4) is 0 Å². The molecule has 1 heterocycles. The number of methoxy groups -OCH3 is 1. The predicted octanol–water partition coefficient (Wildman–Crippen LogP) is 3.16. The van der Waals surface area contributed by atoms with Crippen molar-refractivity contribution < 1.29 is 9.47 Å². The summed E-state index contributed by atoms with van der Waals surface area (Å²) in [5, 5.41) is 7.69. The number of aromatic nitrogens is 1. The molecule has 2 aromatic rings. The van der Waals surface area contributed by atoms with Crippen molar-refractivity contribution in [1.82, 2.24) is 15.6 Å². The number of rotatable bonds is 9. The minimum absolute atomic E-state index is 0.627.